The predicted molar refractivity (Wildman–Crippen MR) is 100 cm³/mol. The number of benzene rings is 2. The molecule has 0 fully saturated rings. The molecule has 0 heterocycles. The Morgan fingerprint density at radius 2 is 1.88 bits per heavy atom. The van der Waals surface area contributed by atoms with Crippen molar-refractivity contribution in [2.24, 2.45) is 0 Å². The Kier molecular flexibility index (Phi) is 6.55. The highest BCUT2D eigenvalue weighted by Gasteiger charge is 2.24. The van der Waals surface area contributed by atoms with Gasteiger partial charge in [0.05, 0.1) is 12.0 Å². The van der Waals surface area contributed by atoms with Gasteiger partial charge in [-0.1, -0.05) is 24.3 Å². The lowest BCUT2D eigenvalue weighted by molar-refractivity contribution is -0.907. The van der Waals surface area contributed by atoms with Crippen molar-refractivity contribution in [2.75, 3.05) is 18.6 Å². The third-order valence-corrected chi connectivity index (χ3v) is 4.88. The number of nitrogens with one attached hydrogen (secondary N) is 2. The van der Waals surface area contributed by atoms with Crippen molar-refractivity contribution in [2.45, 2.75) is 24.4 Å². The van der Waals surface area contributed by atoms with Crippen molar-refractivity contribution in [3.05, 3.63) is 64.2 Å². The predicted octanol–water partition coefficient (Wildman–Crippen LogP) is 2.36. The fourth-order valence-corrected chi connectivity index (χ4v) is 2.83. The van der Waals surface area contributed by atoms with Gasteiger partial charge in [-0.3, -0.25) is 14.9 Å². The summed E-state index contributed by atoms with van der Waals surface area (Å²) in [4.78, 5) is 25.2. The number of thioether (sulfide) groups is 1. The van der Waals surface area contributed by atoms with Crippen LogP contribution in [0.1, 0.15) is 12.5 Å². The molecule has 0 saturated heterocycles. The average molecular weight is 360 g/mol. The van der Waals surface area contributed by atoms with Crippen LogP contribution >= 0.6 is 11.8 Å². The molecule has 2 atom stereocenters. The van der Waals surface area contributed by atoms with E-state index in [1.165, 1.54) is 11.0 Å². The second-order valence-electron chi connectivity index (χ2n) is 5.86. The number of carbonyl (C=O) groups is 1. The summed E-state index contributed by atoms with van der Waals surface area (Å²) in [5.74, 6) is -0.243. The van der Waals surface area contributed by atoms with E-state index in [9.17, 15) is 14.9 Å². The summed E-state index contributed by atoms with van der Waals surface area (Å²) in [7, 11) is 1.94. The summed E-state index contributed by atoms with van der Waals surface area (Å²) in [6, 6.07) is 14.0. The van der Waals surface area contributed by atoms with Gasteiger partial charge >= 0.3 is 0 Å². The molecule has 2 aromatic carbocycles. The molecule has 0 saturated carbocycles. The molecule has 1 amide bonds. The SMILES string of the molecule is CSc1ccc(C[NH+](C)[C@@H](C)C(=O)Nc2ccccc2[N+](=O)[O-])cc1. The number of hydrogen-bond acceptors (Lipinski definition) is 4. The number of rotatable bonds is 7. The quantitative estimate of drug-likeness (QED) is 0.451. The third-order valence-electron chi connectivity index (χ3n) is 4.13. The molecule has 2 N–H and O–H groups in total. The van der Waals surface area contributed by atoms with Gasteiger partial charge in [-0.2, -0.15) is 0 Å². The Bertz CT molecular complexity index is 749. The number of carbonyl (C=O) groups excluding carboxylic acids is 1. The minimum Gasteiger partial charge on any atom is -0.324 e. The van der Waals surface area contributed by atoms with E-state index in [2.05, 4.69) is 29.6 Å². The van der Waals surface area contributed by atoms with Crippen molar-refractivity contribution in [3.8, 4) is 0 Å². The number of nitro groups is 1. The zero-order valence-corrected chi connectivity index (χ0v) is 15.3. The molecular weight excluding hydrogens is 338 g/mol. The fourth-order valence-electron chi connectivity index (χ4n) is 2.42. The minimum atomic E-state index is -0.496. The van der Waals surface area contributed by atoms with Gasteiger partial charge < -0.3 is 10.2 Å². The number of likely N-dealkylation sites (N-methyl/N-ethyl adjacent to an activating group) is 1. The first-order valence-electron chi connectivity index (χ1n) is 7.92. The number of anilines is 1. The van der Waals surface area contributed by atoms with Crippen LogP contribution in [0, 0.1) is 10.1 Å². The Balaban J connectivity index is 2.02. The topological polar surface area (TPSA) is 76.7 Å². The highest BCUT2D eigenvalue weighted by molar-refractivity contribution is 7.98. The normalized spacial score (nSPS) is 13.1. The van der Waals surface area contributed by atoms with E-state index < -0.39 is 4.92 Å². The zero-order chi connectivity index (χ0) is 18.4. The minimum absolute atomic E-state index is 0.103. The van der Waals surface area contributed by atoms with Crippen LogP contribution in [0.4, 0.5) is 11.4 Å². The van der Waals surface area contributed by atoms with Crippen LogP contribution < -0.4 is 10.2 Å². The summed E-state index contributed by atoms with van der Waals surface area (Å²) in [5, 5.41) is 13.7. The molecule has 6 nitrogen and oxygen atoms in total. The third kappa shape index (κ3) is 5.04. The van der Waals surface area contributed by atoms with Crippen molar-refractivity contribution < 1.29 is 14.6 Å². The molecule has 0 spiro atoms. The van der Waals surface area contributed by atoms with Crippen LogP contribution in [0.25, 0.3) is 0 Å². The van der Waals surface area contributed by atoms with E-state index in [4.69, 9.17) is 0 Å². The smallest absolute Gasteiger partial charge is 0.292 e. The number of hydrogen-bond donors (Lipinski definition) is 2. The lowest BCUT2D eigenvalue weighted by Crippen LogP contribution is -3.12. The second-order valence-corrected chi connectivity index (χ2v) is 6.74. The van der Waals surface area contributed by atoms with Crippen LogP contribution in [0.5, 0.6) is 0 Å². The standard InChI is InChI=1S/C18H21N3O3S/c1-13(20(2)12-14-8-10-15(25-3)11-9-14)18(22)19-16-6-4-5-7-17(16)21(23)24/h4-11,13H,12H2,1-3H3,(H,19,22)/p+1/t13-/m0/s1. The van der Waals surface area contributed by atoms with Gasteiger partial charge in [-0.15, -0.1) is 11.8 Å². The maximum Gasteiger partial charge on any atom is 0.292 e. The van der Waals surface area contributed by atoms with Gasteiger partial charge in [0.15, 0.2) is 6.04 Å². The van der Waals surface area contributed by atoms with Gasteiger partial charge in [0.25, 0.3) is 11.6 Å². The summed E-state index contributed by atoms with van der Waals surface area (Å²) in [5.41, 5.74) is 1.26. The van der Waals surface area contributed by atoms with Gasteiger partial charge in [-0.25, -0.2) is 0 Å². The van der Waals surface area contributed by atoms with Crippen LogP contribution in [-0.4, -0.2) is 30.2 Å². The Morgan fingerprint density at radius 3 is 2.48 bits per heavy atom. The molecule has 1 unspecified atom stereocenters. The zero-order valence-electron chi connectivity index (χ0n) is 14.5. The van der Waals surface area contributed by atoms with Crippen LogP contribution in [0.3, 0.4) is 0 Å². The van der Waals surface area contributed by atoms with Crippen LogP contribution in [0.15, 0.2) is 53.4 Å². The van der Waals surface area contributed by atoms with Crippen molar-refractivity contribution in [1.82, 2.24) is 0 Å². The molecule has 0 radical (unpaired) electrons. The molecular formula is C18H22N3O3S+. The van der Waals surface area contributed by atoms with E-state index >= 15 is 0 Å². The number of nitro benzene ring substituents is 1. The first-order valence-corrected chi connectivity index (χ1v) is 9.14. The van der Waals surface area contributed by atoms with Gasteiger partial charge in [0, 0.05) is 16.5 Å². The summed E-state index contributed by atoms with van der Waals surface area (Å²) in [6.07, 6.45) is 2.03. The van der Waals surface area contributed by atoms with Crippen molar-refractivity contribution >= 4 is 29.0 Å². The molecule has 0 aromatic heterocycles. The molecule has 132 valence electrons. The van der Waals surface area contributed by atoms with E-state index in [-0.39, 0.29) is 23.3 Å². The van der Waals surface area contributed by atoms with E-state index in [1.807, 2.05) is 20.2 Å². The van der Waals surface area contributed by atoms with Gasteiger partial charge in [0.2, 0.25) is 0 Å². The summed E-state index contributed by atoms with van der Waals surface area (Å²) < 4.78 is 0. The van der Waals surface area contributed by atoms with E-state index in [0.29, 0.717) is 6.54 Å². The first-order chi connectivity index (χ1) is 11.9. The van der Waals surface area contributed by atoms with Crippen molar-refractivity contribution in [3.63, 3.8) is 0 Å². The van der Waals surface area contributed by atoms with E-state index in [1.54, 1.807) is 30.0 Å². The summed E-state index contributed by atoms with van der Waals surface area (Å²) >= 11 is 1.69. The summed E-state index contributed by atoms with van der Waals surface area (Å²) in [6.45, 7) is 2.51. The first kappa shape index (κ1) is 19.0. The highest BCUT2D eigenvalue weighted by Crippen LogP contribution is 2.23. The molecule has 2 rings (SSSR count). The van der Waals surface area contributed by atoms with Gasteiger partial charge in [-0.05, 0) is 31.4 Å². The lowest BCUT2D eigenvalue weighted by atomic mass is 10.2. The second kappa shape index (κ2) is 8.64. The number of nitrogens with zero attached hydrogens (tertiary/aromatic N) is 1. The monoisotopic (exact) mass is 360 g/mol. The molecule has 0 aliphatic heterocycles. The Hall–Kier alpha value is -2.38. The maximum absolute atomic E-state index is 12.5. The number of amides is 1. The van der Waals surface area contributed by atoms with Crippen LogP contribution in [-0.2, 0) is 11.3 Å². The average Bonchev–Trinajstić information content (AvgIpc) is 2.61. The molecule has 25 heavy (non-hydrogen) atoms. The lowest BCUT2D eigenvalue weighted by Gasteiger charge is -2.21. The Labute approximate surface area is 151 Å². The molecule has 2 aromatic rings. The van der Waals surface area contributed by atoms with Gasteiger partial charge in [0.1, 0.15) is 12.2 Å². The van der Waals surface area contributed by atoms with E-state index in [0.717, 1.165) is 10.5 Å². The van der Waals surface area contributed by atoms with Crippen molar-refractivity contribution in [1.29, 1.82) is 0 Å². The molecule has 0 bridgehead atoms. The fraction of sp³-hybridized carbons (Fsp3) is 0.278. The number of quaternary nitrogens is 1. The van der Waals surface area contributed by atoms with Crippen LogP contribution in [0.2, 0.25) is 0 Å². The molecule has 0 aliphatic rings. The molecule has 0 aliphatic carbocycles. The largest absolute Gasteiger partial charge is 0.324 e. The maximum atomic E-state index is 12.5. The Morgan fingerprint density at radius 1 is 1.24 bits per heavy atom. The highest BCUT2D eigenvalue weighted by atomic mass is 32.2. The molecule has 7 heteroatoms. The number of para-hydroxylation sites is 2.